The van der Waals surface area contributed by atoms with Crippen LogP contribution < -0.4 is 5.32 Å². The Hall–Kier alpha value is -1.16. The van der Waals surface area contributed by atoms with Crippen LogP contribution in [0.4, 0.5) is 13.2 Å². The average molecular weight is 470 g/mol. The van der Waals surface area contributed by atoms with E-state index in [-0.39, 0.29) is 48.5 Å². The van der Waals surface area contributed by atoms with E-state index in [2.05, 4.69) is 20.2 Å². The Bertz CT molecular complexity index is 758. The minimum absolute atomic E-state index is 0. The van der Waals surface area contributed by atoms with Gasteiger partial charge in [0.15, 0.2) is 5.69 Å². The van der Waals surface area contributed by atoms with Crippen molar-refractivity contribution in [2.75, 3.05) is 39.3 Å². The van der Waals surface area contributed by atoms with Crippen molar-refractivity contribution in [3.63, 3.8) is 0 Å². The molecule has 0 saturated carbocycles. The summed E-state index contributed by atoms with van der Waals surface area (Å²) < 4.78 is 40.3. The Morgan fingerprint density at radius 3 is 2.47 bits per heavy atom. The smallest absolute Gasteiger partial charge is 0.341 e. The fraction of sp³-hybridized carbons (Fsp3) is 0.737. The van der Waals surface area contributed by atoms with Crippen molar-refractivity contribution >= 4 is 30.7 Å². The number of nitrogens with zero attached hydrogens (tertiary/aromatic N) is 4. The number of nitrogens with one attached hydrogen (secondary N) is 1. The molecule has 2 fully saturated rings. The van der Waals surface area contributed by atoms with Crippen LogP contribution in [-0.4, -0.2) is 71.0 Å². The number of halogens is 5. The van der Waals surface area contributed by atoms with E-state index < -0.39 is 17.8 Å². The van der Waals surface area contributed by atoms with Gasteiger partial charge in [-0.3, -0.25) is 9.69 Å². The largest absolute Gasteiger partial charge is 0.433 e. The zero-order valence-corrected chi connectivity index (χ0v) is 18.5. The highest BCUT2D eigenvalue weighted by molar-refractivity contribution is 5.85. The average Bonchev–Trinajstić information content (AvgIpc) is 3.16. The summed E-state index contributed by atoms with van der Waals surface area (Å²) in [5.74, 6) is -0.298. The molecule has 2 atom stereocenters. The number of hydrogen-bond acceptors (Lipinski definition) is 5. The molecule has 1 aliphatic carbocycles. The van der Waals surface area contributed by atoms with Crippen molar-refractivity contribution in [3.05, 3.63) is 22.8 Å². The highest BCUT2D eigenvalue weighted by Gasteiger charge is 2.41. The first-order valence-corrected chi connectivity index (χ1v) is 10.00. The second kappa shape index (κ2) is 9.97. The molecule has 2 saturated heterocycles. The third-order valence-corrected chi connectivity index (χ3v) is 6.15. The van der Waals surface area contributed by atoms with Crippen molar-refractivity contribution in [3.8, 4) is 0 Å². The van der Waals surface area contributed by atoms with E-state index in [0.29, 0.717) is 37.7 Å². The van der Waals surface area contributed by atoms with Crippen LogP contribution in [0, 0.1) is 12.8 Å². The van der Waals surface area contributed by atoms with Gasteiger partial charge in [0.2, 0.25) is 5.91 Å². The fourth-order valence-electron chi connectivity index (χ4n) is 4.73. The Kier molecular flexibility index (Phi) is 8.35. The lowest BCUT2D eigenvalue weighted by Gasteiger charge is -2.33. The van der Waals surface area contributed by atoms with Crippen LogP contribution in [0.15, 0.2) is 0 Å². The lowest BCUT2D eigenvalue weighted by molar-refractivity contribution is -0.143. The number of fused-ring (bicyclic) bond motifs is 1. The molecule has 2 aliphatic heterocycles. The quantitative estimate of drug-likeness (QED) is 0.719. The molecule has 1 amide bonds. The van der Waals surface area contributed by atoms with E-state index in [1.54, 1.807) is 0 Å². The normalized spacial score (nSPS) is 24.6. The predicted molar refractivity (Wildman–Crippen MR) is 111 cm³/mol. The predicted octanol–water partition coefficient (Wildman–Crippen LogP) is 2.26. The van der Waals surface area contributed by atoms with Gasteiger partial charge in [-0.15, -0.1) is 24.8 Å². The van der Waals surface area contributed by atoms with E-state index in [1.165, 1.54) is 6.92 Å². The number of alkyl halides is 3. The maximum absolute atomic E-state index is 13.4. The minimum Gasteiger partial charge on any atom is -0.341 e. The molecule has 3 heterocycles. The van der Waals surface area contributed by atoms with Gasteiger partial charge in [-0.05, 0) is 32.6 Å². The molecule has 30 heavy (non-hydrogen) atoms. The van der Waals surface area contributed by atoms with Crippen molar-refractivity contribution in [2.45, 2.75) is 44.8 Å². The maximum Gasteiger partial charge on any atom is 0.433 e. The molecule has 1 aromatic rings. The number of rotatable bonds is 2. The Balaban J connectivity index is 0.00000160. The van der Waals surface area contributed by atoms with Crippen LogP contribution in [0.25, 0.3) is 0 Å². The van der Waals surface area contributed by atoms with Crippen molar-refractivity contribution < 1.29 is 18.0 Å². The van der Waals surface area contributed by atoms with Crippen LogP contribution >= 0.6 is 24.8 Å². The zero-order valence-electron chi connectivity index (χ0n) is 16.9. The summed E-state index contributed by atoms with van der Waals surface area (Å²) in [6.07, 6.45) is -2.56. The van der Waals surface area contributed by atoms with Gasteiger partial charge < -0.3 is 10.2 Å². The van der Waals surface area contributed by atoms with Crippen LogP contribution in [0.1, 0.15) is 35.6 Å². The van der Waals surface area contributed by atoms with Gasteiger partial charge in [0.1, 0.15) is 5.82 Å². The number of amides is 1. The molecule has 2 unspecified atom stereocenters. The first-order valence-electron chi connectivity index (χ1n) is 10.00. The van der Waals surface area contributed by atoms with Crippen LogP contribution in [0.3, 0.4) is 0 Å². The molecule has 11 heteroatoms. The molecule has 0 aromatic carbocycles. The van der Waals surface area contributed by atoms with Crippen LogP contribution in [0.5, 0.6) is 0 Å². The van der Waals surface area contributed by atoms with Gasteiger partial charge in [-0.25, -0.2) is 9.97 Å². The van der Waals surface area contributed by atoms with Crippen LogP contribution in [-0.2, 0) is 23.8 Å². The summed E-state index contributed by atoms with van der Waals surface area (Å²) in [5, 5.41) is 3.33. The lowest BCUT2D eigenvalue weighted by atomic mass is 9.84. The second-order valence-electron chi connectivity index (χ2n) is 7.99. The SMILES string of the molecule is Cc1nc2c(c(C(F)(F)F)n1)CC(C(=O)N1CCC(N3CCNCC3)C1)CC2.Cl.Cl. The molecule has 1 N–H and O–H groups in total. The standard InChI is InChI=1S/C19H26F3N5O.2ClH/c1-12-24-16-3-2-13(10-15(16)17(25-12)19(20,21)22)18(28)27-7-4-14(11-27)26-8-5-23-6-9-26;;/h13-14,23H,2-11H2,1H3;2*1H. The number of hydrogen-bond donors (Lipinski definition) is 1. The highest BCUT2D eigenvalue weighted by atomic mass is 35.5. The lowest BCUT2D eigenvalue weighted by Crippen LogP contribution is -2.49. The fourth-order valence-corrected chi connectivity index (χ4v) is 4.73. The summed E-state index contributed by atoms with van der Waals surface area (Å²) in [7, 11) is 0. The van der Waals surface area contributed by atoms with Gasteiger partial charge >= 0.3 is 6.18 Å². The van der Waals surface area contributed by atoms with Gasteiger partial charge in [0, 0.05) is 62.5 Å². The molecule has 3 aliphatic rings. The summed E-state index contributed by atoms with van der Waals surface area (Å²) >= 11 is 0. The number of carbonyl (C=O) groups excluding carboxylic acids is 1. The number of aromatic nitrogens is 2. The van der Waals surface area contributed by atoms with Crippen molar-refractivity contribution in [1.82, 2.24) is 25.1 Å². The van der Waals surface area contributed by atoms with Gasteiger partial charge in [-0.2, -0.15) is 13.2 Å². The van der Waals surface area contributed by atoms with Gasteiger partial charge in [-0.1, -0.05) is 0 Å². The van der Waals surface area contributed by atoms with E-state index in [0.717, 1.165) is 32.6 Å². The molecular weight excluding hydrogens is 442 g/mol. The van der Waals surface area contributed by atoms with E-state index in [9.17, 15) is 18.0 Å². The van der Waals surface area contributed by atoms with E-state index >= 15 is 0 Å². The summed E-state index contributed by atoms with van der Waals surface area (Å²) in [6, 6.07) is 0.360. The summed E-state index contributed by atoms with van der Waals surface area (Å²) in [6.45, 7) is 6.73. The third kappa shape index (κ3) is 5.18. The molecule has 4 rings (SSSR count). The van der Waals surface area contributed by atoms with Gasteiger partial charge in [0.05, 0.1) is 0 Å². The topological polar surface area (TPSA) is 61.4 Å². The molecule has 0 bridgehead atoms. The maximum atomic E-state index is 13.4. The van der Waals surface area contributed by atoms with Crippen LogP contribution in [0.2, 0.25) is 0 Å². The van der Waals surface area contributed by atoms with Gasteiger partial charge in [0.25, 0.3) is 0 Å². The second-order valence-corrected chi connectivity index (χ2v) is 7.99. The molecular formula is C19H28Cl2F3N5O. The molecule has 6 nitrogen and oxygen atoms in total. The molecule has 170 valence electrons. The third-order valence-electron chi connectivity index (χ3n) is 6.15. The first-order chi connectivity index (χ1) is 13.3. The van der Waals surface area contributed by atoms with E-state index in [1.807, 2.05) is 4.90 Å². The highest BCUT2D eigenvalue weighted by Crippen LogP contribution is 2.36. The number of likely N-dealkylation sites (tertiary alicyclic amines) is 1. The molecule has 1 aromatic heterocycles. The van der Waals surface area contributed by atoms with E-state index in [4.69, 9.17) is 0 Å². The Morgan fingerprint density at radius 1 is 1.10 bits per heavy atom. The number of carbonyl (C=O) groups is 1. The summed E-state index contributed by atoms with van der Waals surface area (Å²) in [4.78, 5) is 25.2. The van der Waals surface area contributed by atoms with Crippen molar-refractivity contribution in [2.24, 2.45) is 5.92 Å². The Morgan fingerprint density at radius 2 is 1.80 bits per heavy atom. The first kappa shape index (κ1) is 25.1. The number of piperazine rings is 1. The molecule has 0 spiro atoms. The Labute approximate surface area is 186 Å². The zero-order chi connectivity index (χ0) is 19.9. The monoisotopic (exact) mass is 469 g/mol. The van der Waals surface area contributed by atoms with Crippen molar-refractivity contribution in [1.29, 1.82) is 0 Å². The summed E-state index contributed by atoms with van der Waals surface area (Å²) in [5.41, 5.74) is -0.308. The molecule has 0 radical (unpaired) electrons. The number of aryl methyl sites for hydroxylation is 2. The minimum atomic E-state index is -4.52.